The van der Waals surface area contributed by atoms with Crippen LogP contribution in [0.1, 0.15) is 5.56 Å². The van der Waals surface area contributed by atoms with E-state index >= 15 is 0 Å². The molecule has 0 aliphatic carbocycles. The summed E-state index contributed by atoms with van der Waals surface area (Å²) in [4.78, 5) is -1.22. The third-order valence-corrected chi connectivity index (χ3v) is 4.59. The molecular weight excluding hydrogens is 371 g/mol. The predicted molar refractivity (Wildman–Crippen MR) is 76.0 cm³/mol. The molecule has 112 valence electrons. The monoisotopic (exact) mass is 379 g/mol. The minimum absolute atomic E-state index is 0.160. The van der Waals surface area contributed by atoms with Gasteiger partial charge in [-0.15, -0.1) is 0 Å². The minimum Gasteiger partial charge on any atom is -0.279 e. The Labute approximate surface area is 128 Å². The number of halogens is 4. The highest BCUT2D eigenvalue weighted by Gasteiger charge is 2.25. The molecule has 0 aliphatic rings. The minimum atomic E-state index is -4.52. The molecule has 2 aromatic carbocycles. The predicted octanol–water partition coefficient (Wildman–Crippen LogP) is 3.98. The first-order valence-electron chi connectivity index (χ1n) is 5.64. The first kappa shape index (κ1) is 15.8. The van der Waals surface area contributed by atoms with Crippen molar-refractivity contribution in [2.24, 2.45) is 0 Å². The molecule has 0 aliphatic heterocycles. The van der Waals surface area contributed by atoms with Gasteiger partial charge in [0.05, 0.1) is 5.69 Å². The van der Waals surface area contributed by atoms with E-state index in [1.807, 2.05) is 0 Å². The maximum absolute atomic E-state index is 13.6. The van der Waals surface area contributed by atoms with Crippen molar-refractivity contribution in [1.29, 1.82) is 0 Å². The highest BCUT2D eigenvalue weighted by atomic mass is 79.9. The third-order valence-electron chi connectivity index (χ3n) is 2.68. The Morgan fingerprint density at radius 3 is 2.19 bits per heavy atom. The molecule has 3 nitrogen and oxygen atoms in total. The number of rotatable bonds is 3. The Hall–Kier alpha value is -1.54. The average molecular weight is 380 g/mol. The first-order chi connectivity index (χ1) is 9.70. The van der Waals surface area contributed by atoms with Crippen LogP contribution in [0.15, 0.2) is 39.7 Å². The van der Waals surface area contributed by atoms with Crippen LogP contribution >= 0.6 is 15.9 Å². The van der Waals surface area contributed by atoms with Gasteiger partial charge in [-0.3, -0.25) is 4.72 Å². The standard InChI is InChI=1S/C13H9BrF3NO2S/c1-7-2-3-8(14)4-12(7)18-21(19,20)13-10(16)5-9(15)6-11(13)17/h2-6,18H,1H3. The summed E-state index contributed by atoms with van der Waals surface area (Å²) < 4.78 is 66.9. The molecule has 0 bridgehead atoms. The van der Waals surface area contributed by atoms with E-state index in [2.05, 4.69) is 20.7 Å². The van der Waals surface area contributed by atoms with E-state index in [0.29, 0.717) is 22.2 Å². The fourth-order valence-corrected chi connectivity index (χ4v) is 3.29. The lowest BCUT2D eigenvalue weighted by Crippen LogP contribution is -2.17. The lowest BCUT2D eigenvalue weighted by atomic mass is 10.2. The normalized spacial score (nSPS) is 11.5. The zero-order chi connectivity index (χ0) is 15.8. The van der Waals surface area contributed by atoms with Crippen molar-refractivity contribution < 1.29 is 21.6 Å². The number of nitrogens with one attached hydrogen (secondary N) is 1. The summed E-state index contributed by atoms with van der Waals surface area (Å²) in [6.07, 6.45) is 0. The number of sulfonamides is 1. The largest absolute Gasteiger partial charge is 0.279 e. The van der Waals surface area contributed by atoms with Crippen LogP contribution in [0, 0.1) is 24.4 Å². The molecular formula is C13H9BrF3NO2S. The van der Waals surface area contributed by atoms with Crippen LogP contribution in [-0.2, 0) is 10.0 Å². The summed E-state index contributed by atoms with van der Waals surface area (Å²) in [6, 6.07) is 5.38. The molecule has 8 heteroatoms. The molecule has 21 heavy (non-hydrogen) atoms. The average Bonchev–Trinajstić information content (AvgIpc) is 2.31. The molecule has 0 saturated heterocycles. The number of benzene rings is 2. The van der Waals surface area contributed by atoms with E-state index in [0.717, 1.165) is 0 Å². The van der Waals surface area contributed by atoms with Gasteiger partial charge in [-0.1, -0.05) is 22.0 Å². The molecule has 2 rings (SSSR count). The van der Waals surface area contributed by atoms with Gasteiger partial charge in [0, 0.05) is 16.6 Å². The smallest absolute Gasteiger partial charge is 0.267 e. The van der Waals surface area contributed by atoms with E-state index in [1.165, 1.54) is 6.07 Å². The van der Waals surface area contributed by atoms with Crippen molar-refractivity contribution in [1.82, 2.24) is 0 Å². The summed E-state index contributed by atoms with van der Waals surface area (Å²) in [5, 5.41) is 0. The van der Waals surface area contributed by atoms with Crippen LogP contribution in [0.25, 0.3) is 0 Å². The zero-order valence-corrected chi connectivity index (χ0v) is 13.0. The van der Waals surface area contributed by atoms with Crippen LogP contribution < -0.4 is 4.72 Å². The van der Waals surface area contributed by atoms with Crippen LogP contribution in [0.4, 0.5) is 18.9 Å². The summed E-state index contributed by atoms with van der Waals surface area (Å²) in [6.45, 7) is 1.63. The van der Waals surface area contributed by atoms with E-state index < -0.39 is 32.4 Å². The maximum atomic E-state index is 13.6. The number of aryl methyl sites for hydroxylation is 1. The van der Waals surface area contributed by atoms with Crippen molar-refractivity contribution in [3.05, 3.63) is 57.8 Å². The molecule has 0 unspecified atom stereocenters. The first-order valence-corrected chi connectivity index (χ1v) is 7.92. The van der Waals surface area contributed by atoms with Gasteiger partial charge in [0.15, 0.2) is 4.90 Å². The van der Waals surface area contributed by atoms with Gasteiger partial charge >= 0.3 is 0 Å². The van der Waals surface area contributed by atoms with Crippen molar-refractivity contribution in [2.75, 3.05) is 4.72 Å². The van der Waals surface area contributed by atoms with Crippen molar-refractivity contribution in [2.45, 2.75) is 11.8 Å². The van der Waals surface area contributed by atoms with E-state index in [4.69, 9.17) is 0 Å². The fourth-order valence-electron chi connectivity index (χ4n) is 1.69. The van der Waals surface area contributed by atoms with Crippen molar-refractivity contribution in [3.8, 4) is 0 Å². The molecule has 0 saturated carbocycles. The molecule has 0 atom stereocenters. The Bertz CT molecular complexity index is 786. The summed E-state index contributed by atoms with van der Waals surface area (Å²) in [5.41, 5.74) is 0.720. The summed E-state index contributed by atoms with van der Waals surface area (Å²) in [5.74, 6) is -4.18. The lowest BCUT2D eigenvalue weighted by Gasteiger charge is -2.12. The molecule has 2 aromatic rings. The Kier molecular flexibility index (Phi) is 4.29. The Balaban J connectivity index is 2.51. The van der Waals surface area contributed by atoms with Gasteiger partial charge < -0.3 is 0 Å². The van der Waals surface area contributed by atoms with Gasteiger partial charge in [0.2, 0.25) is 0 Å². The zero-order valence-electron chi connectivity index (χ0n) is 10.6. The maximum Gasteiger partial charge on any atom is 0.267 e. The SMILES string of the molecule is Cc1ccc(Br)cc1NS(=O)(=O)c1c(F)cc(F)cc1F. The van der Waals surface area contributed by atoms with Crippen LogP contribution in [0.3, 0.4) is 0 Å². The fraction of sp³-hybridized carbons (Fsp3) is 0.0769. The highest BCUT2D eigenvalue weighted by molar-refractivity contribution is 9.10. The van der Waals surface area contributed by atoms with Crippen molar-refractivity contribution >= 4 is 31.6 Å². The highest BCUT2D eigenvalue weighted by Crippen LogP contribution is 2.26. The second-order valence-electron chi connectivity index (χ2n) is 4.26. The van der Waals surface area contributed by atoms with E-state index in [-0.39, 0.29) is 5.69 Å². The van der Waals surface area contributed by atoms with Crippen molar-refractivity contribution in [3.63, 3.8) is 0 Å². The Morgan fingerprint density at radius 2 is 1.62 bits per heavy atom. The molecule has 0 radical (unpaired) electrons. The molecule has 1 N–H and O–H groups in total. The number of hydrogen-bond acceptors (Lipinski definition) is 2. The van der Waals surface area contributed by atoms with Crippen LogP contribution in [-0.4, -0.2) is 8.42 Å². The van der Waals surface area contributed by atoms with Crippen LogP contribution in [0.5, 0.6) is 0 Å². The van der Waals surface area contributed by atoms with Gasteiger partial charge in [-0.25, -0.2) is 21.6 Å². The van der Waals surface area contributed by atoms with Gasteiger partial charge in [-0.2, -0.15) is 0 Å². The quantitative estimate of drug-likeness (QED) is 0.876. The number of anilines is 1. The second kappa shape index (κ2) is 5.69. The van der Waals surface area contributed by atoms with Gasteiger partial charge in [-0.05, 0) is 24.6 Å². The molecule has 0 spiro atoms. The van der Waals surface area contributed by atoms with Gasteiger partial charge in [0.1, 0.15) is 17.5 Å². The Morgan fingerprint density at radius 1 is 1.05 bits per heavy atom. The van der Waals surface area contributed by atoms with E-state index in [1.54, 1.807) is 19.1 Å². The topological polar surface area (TPSA) is 46.2 Å². The van der Waals surface area contributed by atoms with Gasteiger partial charge in [0.25, 0.3) is 10.0 Å². The summed E-state index contributed by atoms with van der Waals surface area (Å²) >= 11 is 3.17. The molecule has 0 fully saturated rings. The second-order valence-corrected chi connectivity index (χ2v) is 6.80. The van der Waals surface area contributed by atoms with Crippen LogP contribution in [0.2, 0.25) is 0 Å². The summed E-state index contributed by atoms with van der Waals surface area (Å²) in [7, 11) is -4.52. The molecule has 0 aromatic heterocycles. The lowest BCUT2D eigenvalue weighted by molar-refractivity contribution is 0.498. The van der Waals surface area contributed by atoms with E-state index in [9.17, 15) is 21.6 Å². The molecule has 0 amide bonds. The third kappa shape index (κ3) is 3.38. The molecule has 0 heterocycles. The number of hydrogen-bond donors (Lipinski definition) is 1.